The van der Waals surface area contributed by atoms with E-state index in [1.165, 1.54) is 0 Å². The van der Waals surface area contributed by atoms with Crippen molar-refractivity contribution in [1.29, 1.82) is 0 Å². The number of ether oxygens (including phenoxy) is 2. The monoisotopic (exact) mass is 324 g/mol. The summed E-state index contributed by atoms with van der Waals surface area (Å²) >= 11 is 0. The van der Waals surface area contributed by atoms with E-state index >= 15 is 0 Å². The lowest BCUT2D eigenvalue weighted by molar-refractivity contribution is 0.0515. The molecule has 0 aromatic heterocycles. The van der Waals surface area contributed by atoms with E-state index in [1.807, 2.05) is 30.3 Å². The number of benzene rings is 1. The van der Waals surface area contributed by atoms with Crippen molar-refractivity contribution < 1.29 is 24.2 Å². The van der Waals surface area contributed by atoms with Crippen molar-refractivity contribution >= 4 is 12.2 Å². The van der Waals surface area contributed by atoms with E-state index in [0.29, 0.717) is 0 Å². The van der Waals surface area contributed by atoms with E-state index in [2.05, 4.69) is 10.6 Å². The Bertz CT molecular complexity index is 499. The Morgan fingerprint density at radius 1 is 1.17 bits per heavy atom. The molecule has 1 aromatic carbocycles. The summed E-state index contributed by atoms with van der Waals surface area (Å²) in [6, 6.07) is 8.57. The van der Waals surface area contributed by atoms with Crippen molar-refractivity contribution in [2.24, 2.45) is 0 Å². The van der Waals surface area contributed by atoms with Gasteiger partial charge in [0, 0.05) is 6.54 Å². The number of amides is 2. The SMILES string of the molecule is CC(C)(C)OC(=O)NCC(CO)NC(=O)OCc1ccccc1. The predicted molar refractivity (Wildman–Crippen MR) is 84.9 cm³/mol. The second-order valence-electron chi connectivity index (χ2n) is 5.97. The summed E-state index contributed by atoms with van der Waals surface area (Å²) in [7, 11) is 0. The van der Waals surface area contributed by atoms with Crippen LogP contribution in [0.3, 0.4) is 0 Å². The molecule has 3 N–H and O–H groups in total. The molecule has 0 radical (unpaired) electrons. The Morgan fingerprint density at radius 3 is 2.39 bits per heavy atom. The van der Waals surface area contributed by atoms with Crippen LogP contribution in [-0.4, -0.2) is 42.1 Å². The van der Waals surface area contributed by atoms with Crippen LogP contribution in [0.15, 0.2) is 30.3 Å². The van der Waals surface area contributed by atoms with E-state index in [0.717, 1.165) is 5.56 Å². The first-order valence-corrected chi connectivity index (χ1v) is 7.35. The minimum Gasteiger partial charge on any atom is -0.445 e. The smallest absolute Gasteiger partial charge is 0.407 e. The fraction of sp³-hybridized carbons (Fsp3) is 0.500. The normalized spacial score (nSPS) is 12.2. The summed E-state index contributed by atoms with van der Waals surface area (Å²) < 4.78 is 10.1. The molecule has 1 aromatic rings. The quantitative estimate of drug-likeness (QED) is 0.741. The number of alkyl carbamates (subject to hydrolysis) is 2. The second kappa shape index (κ2) is 8.99. The molecule has 0 aliphatic heterocycles. The zero-order valence-corrected chi connectivity index (χ0v) is 13.7. The Morgan fingerprint density at radius 2 is 1.83 bits per heavy atom. The van der Waals surface area contributed by atoms with E-state index in [1.54, 1.807) is 20.8 Å². The highest BCUT2D eigenvalue weighted by Gasteiger charge is 2.18. The van der Waals surface area contributed by atoms with Gasteiger partial charge in [0.15, 0.2) is 0 Å². The molecule has 1 rings (SSSR count). The van der Waals surface area contributed by atoms with Crippen LogP contribution >= 0.6 is 0 Å². The van der Waals surface area contributed by atoms with Crippen LogP contribution in [-0.2, 0) is 16.1 Å². The summed E-state index contributed by atoms with van der Waals surface area (Å²) in [6.45, 7) is 5.06. The lowest BCUT2D eigenvalue weighted by Crippen LogP contribution is -2.46. The molecule has 0 fully saturated rings. The molecule has 0 aliphatic carbocycles. The van der Waals surface area contributed by atoms with Crippen LogP contribution < -0.4 is 10.6 Å². The van der Waals surface area contributed by atoms with Gasteiger partial charge in [0.1, 0.15) is 12.2 Å². The lowest BCUT2D eigenvalue weighted by atomic mass is 10.2. The number of aliphatic hydroxyl groups excluding tert-OH is 1. The molecule has 0 aliphatic rings. The minimum atomic E-state index is -0.668. The fourth-order valence-electron chi connectivity index (χ4n) is 1.61. The largest absolute Gasteiger partial charge is 0.445 e. The molecule has 0 saturated heterocycles. The van der Waals surface area contributed by atoms with Gasteiger partial charge in [-0.1, -0.05) is 30.3 Å². The number of carbonyl (C=O) groups is 2. The summed E-state index contributed by atoms with van der Waals surface area (Å²) in [5.41, 5.74) is 0.246. The molecule has 0 spiro atoms. The van der Waals surface area contributed by atoms with Crippen LogP contribution in [0.2, 0.25) is 0 Å². The molecule has 128 valence electrons. The van der Waals surface area contributed by atoms with E-state index in [4.69, 9.17) is 9.47 Å². The highest BCUT2D eigenvalue weighted by atomic mass is 16.6. The second-order valence-corrected chi connectivity index (χ2v) is 5.97. The minimum absolute atomic E-state index is 0.0336. The van der Waals surface area contributed by atoms with Crippen molar-refractivity contribution in [1.82, 2.24) is 10.6 Å². The van der Waals surface area contributed by atoms with E-state index < -0.39 is 23.8 Å². The predicted octanol–water partition coefficient (Wildman–Crippen LogP) is 1.80. The van der Waals surface area contributed by atoms with Gasteiger partial charge in [-0.05, 0) is 26.3 Å². The summed E-state index contributed by atoms with van der Waals surface area (Å²) in [4.78, 5) is 23.2. The number of aliphatic hydroxyl groups is 1. The van der Waals surface area contributed by atoms with Gasteiger partial charge >= 0.3 is 12.2 Å². The first-order valence-electron chi connectivity index (χ1n) is 7.35. The van der Waals surface area contributed by atoms with Gasteiger partial charge in [-0.25, -0.2) is 9.59 Å². The van der Waals surface area contributed by atoms with Crippen LogP contribution in [0.25, 0.3) is 0 Å². The highest BCUT2D eigenvalue weighted by Crippen LogP contribution is 2.06. The average Bonchev–Trinajstić information content (AvgIpc) is 2.48. The van der Waals surface area contributed by atoms with Crippen molar-refractivity contribution in [3.63, 3.8) is 0 Å². The number of nitrogens with one attached hydrogen (secondary N) is 2. The van der Waals surface area contributed by atoms with Crippen molar-refractivity contribution in [2.75, 3.05) is 13.2 Å². The van der Waals surface area contributed by atoms with Crippen LogP contribution in [0.1, 0.15) is 26.3 Å². The van der Waals surface area contributed by atoms with E-state index in [-0.39, 0.29) is 19.8 Å². The number of rotatable bonds is 6. The molecule has 23 heavy (non-hydrogen) atoms. The Labute approximate surface area is 136 Å². The van der Waals surface area contributed by atoms with Gasteiger partial charge in [-0.3, -0.25) is 0 Å². The highest BCUT2D eigenvalue weighted by molar-refractivity contribution is 5.69. The summed E-state index contributed by atoms with van der Waals surface area (Å²) in [6.07, 6.45) is -1.28. The third kappa shape index (κ3) is 8.67. The first kappa shape index (κ1) is 18.8. The average molecular weight is 324 g/mol. The summed E-state index contributed by atoms with van der Waals surface area (Å²) in [5.74, 6) is 0. The molecular weight excluding hydrogens is 300 g/mol. The molecule has 1 atom stereocenters. The van der Waals surface area contributed by atoms with Gasteiger partial charge < -0.3 is 25.2 Å². The zero-order valence-electron chi connectivity index (χ0n) is 13.7. The molecule has 0 bridgehead atoms. The molecule has 0 heterocycles. The van der Waals surface area contributed by atoms with Crippen molar-refractivity contribution in [3.8, 4) is 0 Å². The fourth-order valence-corrected chi connectivity index (χ4v) is 1.61. The molecular formula is C16H24N2O5. The Balaban J connectivity index is 2.32. The Kier molecular flexibility index (Phi) is 7.34. The molecule has 2 amide bonds. The van der Waals surface area contributed by atoms with Crippen molar-refractivity contribution in [3.05, 3.63) is 35.9 Å². The number of hydrogen-bond donors (Lipinski definition) is 3. The van der Waals surface area contributed by atoms with Gasteiger partial charge in [0.2, 0.25) is 0 Å². The third-order valence-electron chi connectivity index (χ3n) is 2.65. The number of carbonyl (C=O) groups excluding carboxylic acids is 2. The van der Waals surface area contributed by atoms with Gasteiger partial charge in [-0.15, -0.1) is 0 Å². The molecule has 7 heteroatoms. The maximum absolute atomic E-state index is 11.7. The van der Waals surface area contributed by atoms with Crippen LogP contribution in [0, 0.1) is 0 Å². The van der Waals surface area contributed by atoms with Crippen LogP contribution in [0.5, 0.6) is 0 Å². The molecule has 0 saturated carbocycles. The number of hydrogen-bond acceptors (Lipinski definition) is 5. The maximum Gasteiger partial charge on any atom is 0.407 e. The zero-order chi connectivity index (χ0) is 17.3. The van der Waals surface area contributed by atoms with Gasteiger partial charge in [-0.2, -0.15) is 0 Å². The van der Waals surface area contributed by atoms with Gasteiger partial charge in [0.05, 0.1) is 12.6 Å². The first-order chi connectivity index (χ1) is 10.8. The topological polar surface area (TPSA) is 96.9 Å². The van der Waals surface area contributed by atoms with E-state index in [9.17, 15) is 14.7 Å². The standard InChI is InChI=1S/C16H24N2O5/c1-16(2,3)23-14(20)17-9-13(10-19)18-15(21)22-11-12-7-5-4-6-8-12/h4-8,13,19H,9-11H2,1-3H3,(H,17,20)(H,18,21). The molecule has 1 unspecified atom stereocenters. The Hall–Kier alpha value is -2.28. The van der Waals surface area contributed by atoms with Crippen molar-refractivity contribution in [2.45, 2.75) is 39.0 Å². The van der Waals surface area contributed by atoms with Crippen LogP contribution in [0.4, 0.5) is 9.59 Å². The lowest BCUT2D eigenvalue weighted by Gasteiger charge is -2.21. The molecule has 7 nitrogen and oxygen atoms in total. The van der Waals surface area contributed by atoms with Gasteiger partial charge in [0.25, 0.3) is 0 Å². The third-order valence-corrected chi connectivity index (χ3v) is 2.65. The summed E-state index contributed by atoms with van der Waals surface area (Å²) in [5, 5.41) is 14.2. The maximum atomic E-state index is 11.7.